The van der Waals surface area contributed by atoms with Crippen LogP contribution in [0.4, 0.5) is 0 Å². The molecule has 1 aromatic heterocycles. The van der Waals surface area contributed by atoms with Crippen molar-refractivity contribution in [3.05, 3.63) is 48.0 Å². The number of ether oxygens (including phenoxy) is 2. The van der Waals surface area contributed by atoms with Crippen molar-refractivity contribution in [2.45, 2.75) is 70.1 Å². The van der Waals surface area contributed by atoms with Crippen molar-refractivity contribution in [3.63, 3.8) is 0 Å². The summed E-state index contributed by atoms with van der Waals surface area (Å²) in [4.78, 5) is 24.1. The van der Waals surface area contributed by atoms with Crippen LogP contribution >= 0.6 is 0 Å². The van der Waals surface area contributed by atoms with Crippen LogP contribution in [-0.2, 0) is 6.42 Å². The van der Waals surface area contributed by atoms with E-state index in [0.29, 0.717) is 23.5 Å². The first-order valence-electron chi connectivity index (χ1n) is 11.8. The molecular weight excluding hydrogens is 404 g/mol. The van der Waals surface area contributed by atoms with Crippen molar-refractivity contribution in [1.29, 1.82) is 0 Å². The fourth-order valence-electron chi connectivity index (χ4n) is 4.83. The molecule has 4 rings (SSSR count). The van der Waals surface area contributed by atoms with Gasteiger partial charge in [0.1, 0.15) is 17.6 Å². The van der Waals surface area contributed by atoms with E-state index in [9.17, 15) is 4.79 Å². The zero-order valence-electron chi connectivity index (χ0n) is 19.1. The van der Waals surface area contributed by atoms with Gasteiger partial charge in [0, 0.05) is 50.2 Å². The monoisotopic (exact) mass is 438 g/mol. The van der Waals surface area contributed by atoms with Crippen LogP contribution < -0.4 is 14.8 Å². The first-order chi connectivity index (χ1) is 15.6. The number of hydrogen-bond acceptors (Lipinski definition) is 6. The standard InChI is InChI=1S/C25H34N4O3/c1-18(15-19-17-26-11-12-27-19)28-25(30)23-16-22(31-2)7-8-24(23)32-21-9-13-29(14-10-21)20-5-3-4-6-20/h7-8,11-12,16-18,20-21H,3-6,9-10,13-15H2,1-2H3,(H,28,30). The third-order valence-electron chi connectivity index (χ3n) is 6.55. The Balaban J connectivity index is 1.39. The molecule has 0 radical (unpaired) electrons. The number of benzene rings is 1. The van der Waals surface area contributed by atoms with Gasteiger partial charge in [0.15, 0.2) is 0 Å². The Morgan fingerprint density at radius 3 is 2.66 bits per heavy atom. The summed E-state index contributed by atoms with van der Waals surface area (Å²) in [7, 11) is 1.60. The molecule has 2 aromatic rings. The average molecular weight is 439 g/mol. The number of amides is 1. The molecule has 7 nitrogen and oxygen atoms in total. The second kappa shape index (κ2) is 10.8. The molecular formula is C25H34N4O3. The Kier molecular flexibility index (Phi) is 7.58. The van der Waals surface area contributed by atoms with Crippen LogP contribution in [0.1, 0.15) is 61.5 Å². The van der Waals surface area contributed by atoms with Gasteiger partial charge in [0.2, 0.25) is 0 Å². The summed E-state index contributed by atoms with van der Waals surface area (Å²) in [6.45, 7) is 4.11. The number of piperidine rings is 1. The van der Waals surface area contributed by atoms with Gasteiger partial charge in [0.05, 0.1) is 18.4 Å². The Bertz CT molecular complexity index is 878. The highest BCUT2D eigenvalue weighted by molar-refractivity contribution is 5.97. The van der Waals surface area contributed by atoms with Gasteiger partial charge in [-0.1, -0.05) is 12.8 Å². The van der Waals surface area contributed by atoms with E-state index in [2.05, 4.69) is 20.2 Å². The maximum absolute atomic E-state index is 13.1. The van der Waals surface area contributed by atoms with E-state index in [1.165, 1.54) is 25.7 Å². The highest BCUT2D eigenvalue weighted by atomic mass is 16.5. The number of methoxy groups -OCH3 is 1. The maximum Gasteiger partial charge on any atom is 0.255 e. The molecule has 0 bridgehead atoms. The fourth-order valence-corrected chi connectivity index (χ4v) is 4.83. The molecule has 7 heteroatoms. The third kappa shape index (κ3) is 5.76. The average Bonchev–Trinajstić information content (AvgIpc) is 3.35. The molecule has 1 atom stereocenters. The summed E-state index contributed by atoms with van der Waals surface area (Å²) in [6, 6.07) is 6.13. The Hall–Kier alpha value is -2.67. The van der Waals surface area contributed by atoms with Gasteiger partial charge in [-0.15, -0.1) is 0 Å². The SMILES string of the molecule is COc1ccc(OC2CCN(C3CCCC3)CC2)c(C(=O)NC(C)Cc2cnccn2)c1. The van der Waals surface area contributed by atoms with E-state index in [1.807, 2.05) is 19.1 Å². The molecule has 1 aromatic carbocycles. The molecule has 1 saturated carbocycles. The van der Waals surface area contributed by atoms with E-state index in [0.717, 1.165) is 37.7 Å². The largest absolute Gasteiger partial charge is 0.497 e. The van der Waals surface area contributed by atoms with Gasteiger partial charge < -0.3 is 19.7 Å². The molecule has 172 valence electrons. The number of hydrogen-bond donors (Lipinski definition) is 1. The van der Waals surface area contributed by atoms with E-state index in [1.54, 1.807) is 31.8 Å². The van der Waals surface area contributed by atoms with Crippen LogP contribution in [0.25, 0.3) is 0 Å². The predicted octanol–water partition coefficient (Wildman–Crippen LogP) is 3.63. The molecule has 2 aliphatic rings. The molecule has 1 amide bonds. The van der Waals surface area contributed by atoms with Crippen molar-refractivity contribution in [3.8, 4) is 11.5 Å². The van der Waals surface area contributed by atoms with Crippen molar-refractivity contribution in [2.75, 3.05) is 20.2 Å². The van der Waals surface area contributed by atoms with Crippen LogP contribution in [0, 0.1) is 0 Å². The third-order valence-corrected chi connectivity index (χ3v) is 6.55. The minimum absolute atomic E-state index is 0.0899. The number of aromatic nitrogens is 2. The predicted molar refractivity (Wildman–Crippen MR) is 123 cm³/mol. The summed E-state index contributed by atoms with van der Waals surface area (Å²) in [5.41, 5.74) is 1.35. The summed E-state index contributed by atoms with van der Waals surface area (Å²) >= 11 is 0. The molecule has 2 heterocycles. The van der Waals surface area contributed by atoms with Crippen LogP contribution in [-0.4, -0.2) is 59.2 Å². The zero-order chi connectivity index (χ0) is 22.3. The molecule has 32 heavy (non-hydrogen) atoms. The lowest BCUT2D eigenvalue weighted by atomic mass is 10.0. The second-order valence-corrected chi connectivity index (χ2v) is 8.93. The summed E-state index contributed by atoms with van der Waals surface area (Å²) in [5.74, 6) is 1.09. The first kappa shape index (κ1) is 22.5. The van der Waals surface area contributed by atoms with Crippen LogP contribution in [0.3, 0.4) is 0 Å². The van der Waals surface area contributed by atoms with Gasteiger partial charge in [-0.05, 0) is 50.8 Å². The lowest BCUT2D eigenvalue weighted by Crippen LogP contribution is -2.43. The zero-order valence-corrected chi connectivity index (χ0v) is 19.1. The number of rotatable bonds is 8. The Morgan fingerprint density at radius 2 is 1.97 bits per heavy atom. The van der Waals surface area contributed by atoms with Gasteiger partial charge in [-0.25, -0.2) is 0 Å². The quantitative estimate of drug-likeness (QED) is 0.678. The summed E-state index contributed by atoms with van der Waals surface area (Å²) in [5, 5.41) is 3.07. The molecule has 1 N–H and O–H groups in total. The summed E-state index contributed by atoms with van der Waals surface area (Å²) in [6.07, 6.45) is 13.1. The smallest absolute Gasteiger partial charge is 0.255 e. The fraction of sp³-hybridized carbons (Fsp3) is 0.560. The summed E-state index contributed by atoms with van der Waals surface area (Å²) < 4.78 is 11.7. The first-order valence-corrected chi connectivity index (χ1v) is 11.8. The maximum atomic E-state index is 13.1. The van der Waals surface area contributed by atoms with Gasteiger partial charge >= 0.3 is 0 Å². The lowest BCUT2D eigenvalue weighted by molar-refractivity contribution is 0.0748. The van der Waals surface area contributed by atoms with Gasteiger partial charge in [0.25, 0.3) is 5.91 Å². The van der Waals surface area contributed by atoms with Crippen LogP contribution in [0.15, 0.2) is 36.8 Å². The van der Waals surface area contributed by atoms with E-state index in [4.69, 9.17) is 9.47 Å². The van der Waals surface area contributed by atoms with Crippen LogP contribution in [0.5, 0.6) is 11.5 Å². The number of carbonyl (C=O) groups excluding carboxylic acids is 1. The van der Waals surface area contributed by atoms with Crippen molar-refractivity contribution in [1.82, 2.24) is 20.2 Å². The minimum Gasteiger partial charge on any atom is -0.497 e. The van der Waals surface area contributed by atoms with Crippen molar-refractivity contribution >= 4 is 5.91 Å². The minimum atomic E-state index is -0.168. The molecule has 2 fully saturated rings. The molecule has 1 aliphatic carbocycles. The number of likely N-dealkylation sites (tertiary alicyclic amines) is 1. The number of nitrogens with zero attached hydrogens (tertiary/aromatic N) is 3. The highest BCUT2D eigenvalue weighted by Gasteiger charge is 2.28. The molecule has 1 saturated heterocycles. The molecule has 1 unspecified atom stereocenters. The normalized spacial score (nSPS) is 18.9. The van der Waals surface area contributed by atoms with E-state index >= 15 is 0 Å². The van der Waals surface area contributed by atoms with Crippen LogP contribution in [0.2, 0.25) is 0 Å². The Labute approximate surface area is 190 Å². The van der Waals surface area contributed by atoms with Gasteiger partial charge in [-0.2, -0.15) is 0 Å². The number of carbonyl (C=O) groups is 1. The van der Waals surface area contributed by atoms with E-state index in [-0.39, 0.29) is 18.1 Å². The number of nitrogens with one attached hydrogen (secondary N) is 1. The van der Waals surface area contributed by atoms with Gasteiger partial charge in [-0.3, -0.25) is 14.8 Å². The topological polar surface area (TPSA) is 76.6 Å². The Morgan fingerprint density at radius 1 is 1.19 bits per heavy atom. The van der Waals surface area contributed by atoms with E-state index < -0.39 is 0 Å². The van der Waals surface area contributed by atoms with Crippen molar-refractivity contribution in [2.24, 2.45) is 0 Å². The lowest BCUT2D eigenvalue weighted by Gasteiger charge is -2.36. The molecule has 1 aliphatic heterocycles. The highest BCUT2D eigenvalue weighted by Crippen LogP contribution is 2.30. The molecule has 0 spiro atoms. The second-order valence-electron chi connectivity index (χ2n) is 8.93. The van der Waals surface area contributed by atoms with Crippen molar-refractivity contribution < 1.29 is 14.3 Å².